The van der Waals surface area contributed by atoms with Crippen LogP contribution in [0, 0.1) is 0 Å². The molecule has 0 rings (SSSR count). The van der Waals surface area contributed by atoms with Crippen LogP contribution >= 0.6 is 34.2 Å². The highest BCUT2D eigenvalue weighted by Crippen LogP contribution is 2.07. The molecule has 0 aliphatic heterocycles. The van der Waals surface area contributed by atoms with Crippen LogP contribution < -0.4 is 0 Å². The maximum Gasteiger partial charge on any atom is 0.234 e. The van der Waals surface area contributed by atoms with Gasteiger partial charge >= 0.3 is 0 Å². The highest BCUT2D eigenvalue weighted by molar-refractivity contribution is 14.1. The fraction of sp³-hybridized carbons (Fsp3) is 0.750. The second-order valence-electron chi connectivity index (χ2n) is 1.18. The van der Waals surface area contributed by atoms with Crippen molar-refractivity contribution in [3.63, 3.8) is 0 Å². The Morgan fingerprint density at radius 3 is 2.43 bits per heavy atom. The Kier molecular flexibility index (Phi) is 4.02. The van der Waals surface area contributed by atoms with Crippen molar-refractivity contribution >= 4 is 39.4 Å². The first-order chi connectivity index (χ1) is 3.18. The van der Waals surface area contributed by atoms with Gasteiger partial charge in [0.2, 0.25) is 5.24 Å². The van der Waals surface area contributed by atoms with E-state index in [0.717, 1.165) is 6.42 Å². The standard InChI is InChI=1S/C4H6ClIO/c1-2-3(6)4(5)7/h3H,2H2,1H3. The van der Waals surface area contributed by atoms with Gasteiger partial charge in [0.05, 0.1) is 3.92 Å². The third kappa shape index (κ3) is 3.29. The first-order valence-electron chi connectivity index (χ1n) is 2.02. The lowest BCUT2D eigenvalue weighted by Crippen LogP contribution is -2.03. The molecule has 42 valence electrons. The Morgan fingerprint density at radius 1 is 2.00 bits per heavy atom. The highest BCUT2D eigenvalue weighted by Gasteiger charge is 2.06. The quantitative estimate of drug-likeness (QED) is 0.404. The number of alkyl halides is 1. The van der Waals surface area contributed by atoms with Crippen molar-refractivity contribution in [1.29, 1.82) is 0 Å². The van der Waals surface area contributed by atoms with E-state index in [4.69, 9.17) is 11.6 Å². The molecule has 0 aromatic rings. The van der Waals surface area contributed by atoms with Crippen molar-refractivity contribution in [2.24, 2.45) is 0 Å². The Morgan fingerprint density at radius 2 is 2.43 bits per heavy atom. The summed E-state index contributed by atoms with van der Waals surface area (Å²) in [6.45, 7) is 1.93. The van der Waals surface area contributed by atoms with Crippen molar-refractivity contribution in [3.05, 3.63) is 0 Å². The van der Waals surface area contributed by atoms with Gasteiger partial charge in [-0.15, -0.1) is 0 Å². The van der Waals surface area contributed by atoms with E-state index in [1.807, 2.05) is 29.5 Å². The molecule has 0 aliphatic rings. The monoisotopic (exact) mass is 232 g/mol. The molecular weight excluding hydrogens is 226 g/mol. The van der Waals surface area contributed by atoms with Crippen molar-refractivity contribution in [2.45, 2.75) is 17.3 Å². The Labute approximate surface area is 61.6 Å². The number of hydrogen-bond acceptors (Lipinski definition) is 1. The first kappa shape index (κ1) is 7.69. The van der Waals surface area contributed by atoms with Crippen molar-refractivity contribution < 1.29 is 4.79 Å². The van der Waals surface area contributed by atoms with Crippen LogP contribution in [0.4, 0.5) is 0 Å². The average molecular weight is 232 g/mol. The van der Waals surface area contributed by atoms with E-state index in [0.29, 0.717) is 0 Å². The molecule has 3 heteroatoms. The summed E-state index contributed by atoms with van der Waals surface area (Å²) in [4.78, 5) is 10.1. The number of carbonyl (C=O) groups is 1. The maximum absolute atomic E-state index is 10.1. The number of carbonyl (C=O) groups excluding carboxylic acids is 1. The van der Waals surface area contributed by atoms with Gasteiger partial charge in [0.25, 0.3) is 0 Å². The van der Waals surface area contributed by atoms with Gasteiger partial charge in [0.15, 0.2) is 0 Å². The SMILES string of the molecule is CCC(I)C(=O)Cl. The fourth-order valence-corrected chi connectivity index (χ4v) is 0.315. The molecule has 0 saturated carbocycles. The maximum atomic E-state index is 10.1. The number of hydrogen-bond donors (Lipinski definition) is 0. The normalized spacial score (nSPS) is 13.6. The largest absolute Gasteiger partial charge is 0.280 e. The summed E-state index contributed by atoms with van der Waals surface area (Å²) < 4.78 is -0.000679. The van der Waals surface area contributed by atoms with Gasteiger partial charge in [-0.05, 0) is 18.0 Å². The topological polar surface area (TPSA) is 17.1 Å². The van der Waals surface area contributed by atoms with Gasteiger partial charge in [-0.3, -0.25) is 4.79 Å². The van der Waals surface area contributed by atoms with Gasteiger partial charge in [0, 0.05) is 0 Å². The Bertz CT molecular complexity index is 74.1. The van der Waals surface area contributed by atoms with Crippen LogP contribution in [0.5, 0.6) is 0 Å². The second-order valence-corrected chi connectivity index (χ2v) is 3.06. The summed E-state index contributed by atoms with van der Waals surface area (Å²) in [5.41, 5.74) is 0. The summed E-state index contributed by atoms with van der Waals surface area (Å²) in [6.07, 6.45) is 0.822. The molecule has 1 atom stereocenters. The zero-order chi connectivity index (χ0) is 5.86. The molecule has 0 aromatic carbocycles. The molecule has 1 unspecified atom stereocenters. The number of halogens is 2. The molecule has 0 spiro atoms. The molecule has 0 fully saturated rings. The Balaban J connectivity index is 3.34. The summed E-state index contributed by atoms with van der Waals surface area (Å²) in [5.74, 6) is 0. The van der Waals surface area contributed by atoms with Crippen LogP contribution in [0.3, 0.4) is 0 Å². The predicted molar refractivity (Wildman–Crippen MR) is 39.0 cm³/mol. The molecular formula is C4H6ClIO. The van der Waals surface area contributed by atoms with Crippen LogP contribution in [-0.2, 0) is 4.79 Å². The second kappa shape index (κ2) is 3.66. The minimum Gasteiger partial charge on any atom is -0.280 e. The summed E-state index contributed by atoms with van der Waals surface area (Å²) in [5, 5.41) is -0.247. The van der Waals surface area contributed by atoms with Gasteiger partial charge in [-0.25, -0.2) is 0 Å². The zero-order valence-corrected chi connectivity index (χ0v) is 6.86. The van der Waals surface area contributed by atoms with Crippen LogP contribution in [-0.4, -0.2) is 9.17 Å². The van der Waals surface area contributed by atoms with Gasteiger partial charge in [0.1, 0.15) is 0 Å². The lowest BCUT2D eigenvalue weighted by atomic mass is 10.4. The summed E-state index contributed by atoms with van der Waals surface area (Å²) in [7, 11) is 0. The molecule has 0 aliphatic carbocycles. The van der Waals surface area contributed by atoms with Crippen molar-refractivity contribution in [3.8, 4) is 0 Å². The third-order valence-electron chi connectivity index (χ3n) is 0.605. The van der Waals surface area contributed by atoms with Crippen molar-refractivity contribution in [1.82, 2.24) is 0 Å². The predicted octanol–water partition coefficient (Wildman–Crippen LogP) is 1.97. The van der Waals surface area contributed by atoms with E-state index in [9.17, 15) is 4.79 Å². The van der Waals surface area contributed by atoms with Crippen LogP contribution in [0.15, 0.2) is 0 Å². The van der Waals surface area contributed by atoms with Crippen LogP contribution in [0.25, 0.3) is 0 Å². The minimum absolute atomic E-state index is 0.000679. The molecule has 0 amide bonds. The van der Waals surface area contributed by atoms with Crippen LogP contribution in [0.2, 0.25) is 0 Å². The molecule has 0 aromatic heterocycles. The van der Waals surface area contributed by atoms with Gasteiger partial charge < -0.3 is 0 Å². The molecule has 7 heavy (non-hydrogen) atoms. The molecule has 0 bridgehead atoms. The van der Waals surface area contributed by atoms with E-state index in [-0.39, 0.29) is 9.17 Å². The molecule has 1 nitrogen and oxygen atoms in total. The van der Waals surface area contributed by atoms with Crippen LogP contribution in [0.1, 0.15) is 13.3 Å². The molecule has 0 saturated heterocycles. The van der Waals surface area contributed by atoms with E-state index >= 15 is 0 Å². The third-order valence-corrected chi connectivity index (χ3v) is 2.68. The zero-order valence-electron chi connectivity index (χ0n) is 3.95. The summed E-state index contributed by atoms with van der Waals surface area (Å²) >= 11 is 7.10. The molecule has 0 heterocycles. The van der Waals surface area contributed by atoms with E-state index in [2.05, 4.69) is 0 Å². The Hall–Kier alpha value is 0.690. The fourth-order valence-electron chi connectivity index (χ4n) is 0.160. The van der Waals surface area contributed by atoms with E-state index in [1.54, 1.807) is 0 Å². The van der Waals surface area contributed by atoms with E-state index in [1.165, 1.54) is 0 Å². The highest BCUT2D eigenvalue weighted by atomic mass is 127. The number of rotatable bonds is 2. The summed E-state index contributed by atoms with van der Waals surface area (Å²) in [6, 6.07) is 0. The van der Waals surface area contributed by atoms with Gasteiger partial charge in [-0.1, -0.05) is 29.5 Å². The minimum atomic E-state index is -0.247. The molecule has 0 radical (unpaired) electrons. The first-order valence-corrected chi connectivity index (χ1v) is 3.64. The molecule has 0 N–H and O–H groups in total. The van der Waals surface area contributed by atoms with Gasteiger partial charge in [-0.2, -0.15) is 0 Å². The van der Waals surface area contributed by atoms with Crippen molar-refractivity contribution in [2.75, 3.05) is 0 Å². The smallest absolute Gasteiger partial charge is 0.234 e. The average Bonchev–Trinajstić information content (AvgIpc) is 1.65. The lowest BCUT2D eigenvalue weighted by molar-refractivity contribution is -0.110. The lowest BCUT2D eigenvalue weighted by Gasteiger charge is -1.93. The van der Waals surface area contributed by atoms with E-state index < -0.39 is 0 Å².